The third kappa shape index (κ3) is 1.80. The molecule has 6 heteroatoms. The van der Waals surface area contributed by atoms with Crippen LogP contribution < -0.4 is 0 Å². The summed E-state index contributed by atoms with van der Waals surface area (Å²) < 4.78 is 7.22. The molecular weight excluding hydrogens is 256 g/mol. The lowest BCUT2D eigenvalue weighted by Gasteiger charge is -2.21. The monoisotopic (exact) mass is 266 g/mol. The lowest BCUT2D eigenvalue weighted by molar-refractivity contribution is -0.142. The maximum atomic E-state index is 11.1. The Kier molecular flexibility index (Phi) is 2.63. The van der Waals surface area contributed by atoms with Crippen molar-refractivity contribution in [1.82, 2.24) is 9.55 Å². The molecule has 94 valence electrons. The summed E-state index contributed by atoms with van der Waals surface area (Å²) in [7, 11) is 0. The number of aliphatic carboxylic acids is 1. The van der Waals surface area contributed by atoms with Crippen LogP contribution >= 0.6 is 11.6 Å². The van der Waals surface area contributed by atoms with Crippen LogP contribution in [0.1, 0.15) is 12.1 Å². The van der Waals surface area contributed by atoms with Gasteiger partial charge in [0.05, 0.1) is 5.92 Å². The summed E-state index contributed by atoms with van der Waals surface area (Å²) in [5, 5.41) is 9.39. The number of carbonyl (C=O) groups is 1. The second-order valence-electron chi connectivity index (χ2n) is 4.36. The van der Waals surface area contributed by atoms with E-state index in [1.807, 2.05) is 4.57 Å². The first-order valence-electron chi connectivity index (χ1n) is 5.68. The minimum absolute atomic E-state index is 0.299. The number of imidazole rings is 1. The standard InChI is InChI=1S/C12H11ClN2O3/c13-10-4-3-9(18-10)11-14-5-8-2-1-7(12(16)17)6-15(8)11/h3-5,7H,1-2,6H2,(H,16,17). The topological polar surface area (TPSA) is 68.3 Å². The van der Waals surface area contributed by atoms with Crippen LogP contribution in [0.4, 0.5) is 0 Å². The Morgan fingerprint density at radius 2 is 2.39 bits per heavy atom. The number of aromatic nitrogens is 2. The molecule has 5 nitrogen and oxygen atoms in total. The largest absolute Gasteiger partial charge is 0.481 e. The van der Waals surface area contributed by atoms with Crippen LogP contribution in [0, 0.1) is 5.92 Å². The molecule has 0 saturated carbocycles. The van der Waals surface area contributed by atoms with Crippen LogP contribution in [-0.2, 0) is 17.8 Å². The molecule has 2 aromatic rings. The van der Waals surface area contributed by atoms with Crippen molar-refractivity contribution in [2.24, 2.45) is 5.92 Å². The number of furan rings is 1. The molecule has 1 N–H and O–H groups in total. The Labute approximate surface area is 108 Å². The van der Waals surface area contributed by atoms with Gasteiger partial charge in [0.15, 0.2) is 16.8 Å². The Morgan fingerprint density at radius 3 is 3.06 bits per heavy atom. The molecular formula is C12H11ClN2O3. The molecule has 18 heavy (non-hydrogen) atoms. The zero-order valence-corrected chi connectivity index (χ0v) is 10.2. The van der Waals surface area contributed by atoms with E-state index in [0.29, 0.717) is 29.8 Å². The number of carboxylic acids is 1. The average molecular weight is 267 g/mol. The van der Waals surface area contributed by atoms with Crippen molar-refractivity contribution in [3.05, 3.63) is 29.2 Å². The molecule has 3 heterocycles. The zero-order valence-electron chi connectivity index (χ0n) is 9.47. The molecule has 0 aromatic carbocycles. The Balaban J connectivity index is 1.99. The predicted molar refractivity (Wildman–Crippen MR) is 64.4 cm³/mol. The summed E-state index contributed by atoms with van der Waals surface area (Å²) in [5.41, 5.74) is 1.04. The second-order valence-corrected chi connectivity index (χ2v) is 4.73. The summed E-state index contributed by atoms with van der Waals surface area (Å²) in [6, 6.07) is 3.39. The molecule has 0 bridgehead atoms. The Morgan fingerprint density at radius 1 is 1.56 bits per heavy atom. The molecule has 1 atom stereocenters. The smallest absolute Gasteiger partial charge is 0.308 e. The molecule has 0 amide bonds. The van der Waals surface area contributed by atoms with Crippen molar-refractivity contribution in [1.29, 1.82) is 0 Å². The summed E-state index contributed by atoms with van der Waals surface area (Å²) in [6.45, 7) is 0.429. The maximum absolute atomic E-state index is 11.1. The van der Waals surface area contributed by atoms with Crippen LogP contribution in [0.25, 0.3) is 11.6 Å². The third-order valence-electron chi connectivity index (χ3n) is 3.23. The van der Waals surface area contributed by atoms with Crippen LogP contribution in [0.15, 0.2) is 22.7 Å². The van der Waals surface area contributed by atoms with Gasteiger partial charge in [-0.05, 0) is 36.6 Å². The minimum atomic E-state index is -0.766. The van der Waals surface area contributed by atoms with Crippen LogP contribution in [0.5, 0.6) is 0 Å². The quantitative estimate of drug-likeness (QED) is 0.906. The van der Waals surface area contributed by atoms with E-state index in [1.165, 1.54) is 0 Å². The normalized spacial score (nSPS) is 18.6. The number of rotatable bonds is 2. The molecule has 0 radical (unpaired) electrons. The van der Waals surface area contributed by atoms with Gasteiger partial charge in [0.25, 0.3) is 0 Å². The van der Waals surface area contributed by atoms with Crippen molar-refractivity contribution < 1.29 is 14.3 Å². The highest BCUT2D eigenvalue weighted by atomic mass is 35.5. The summed E-state index contributed by atoms with van der Waals surface area (Å²) >= 11 is 5.74. The zero-order chi connectivity index (χ0) is 12.7. The maximum Gasteiger partial charge on any atom is 0.308 e. The molecule has 3 rings (SSSR count). The van der Waals surface area contributed by atoms with E-state index in [-0.39, 0.29) is 5.92 Å². The van der Waals surface area contributed by atoms with Gasteiger partial charge in [0.2, 0.25) is 0 Å². The second kappa shape index (κ2) is 4.17. The highest BCUT2D eigenvalue weighted by molar-refractivity contribution is 6.28. The highest BCUT2D eigenvalue weighted by Crippen LogP contribution is 2.29. The first-order valence-corrected chi connectivity index (χ1v) is 6.06. The van der Waals surface area contributed by atoms with Crippen molar-refractivity contribution in [3.63, 3.8) is 0 Å². The van der Waals surface area contributed by atoms with Crippen molar-refractivity contribution >= 4 is 17.6 Å². The van der Waals surface area contributed by atoms with E-state index in [9.17, 15) is 4.79 Å². The van der Waals surface area contributed by atoms with Crippen LogP contribution in [0.2, 0.25) is 5.22 Å². The lowest BCUT2D eigenvalue weighted by Crippen LogP contribution is -2.26. The Hall–Kier alpha value is -1.75. The van der Waals surface area contributed by atoms with Gasteiger partial charge in [-0.2, -0.15) is 0 Å². The van der Waals surface area contributed by atoms with Gasteiger partial charge < -0.3 is 14.1 Å². The number of hydrogen-bond acceptors (Lipinski definition) is 3. The van der Waals surface area contributed by atoms with Gasteiger partial charge in [-0.15, -0.1) is 0 Å². The fourth-order valence-corrected chi connectivity index (χ4v) is 2.43. The number of aryl methyl sites for hydroxylation is 1. The van der Waals surface area contributed by atoms with Gasteiger partial charge >= 0.3 is 5.97 Å². The van der Waals surface area contributed by atoms with E-state index in [0.717, 1.165) is 12.1 Å². The third-order valence-corrected chi connectivity index (χ3v) is 3.44. The fourth-order valence-electron chi connectivity index (χ4n) is 2.28. The van der Waals surface area contributed by atoms with E-state index in [4.69, 9.17) is 21.1 Å². The first-order chi connectivity index (χ1) is 8.65. The number of nitrogens with zero attached hydrogens (tertiary/aromatic N) is 2. The van der Waals surface area contributed by atoms with Gasteiger partial charge in [-0.25, -0.2) is 4.98 Å². The molecule has 1 aliphatic rings. The van der Waals surface area contributed by atoms with Crippen molar-refractivity contribution in [2.45, 2.75) is 19.4 Å². The first kappa shape index (κ1) is 11.3. The van der Waals surface area contributed by atoms with E-state index < -0.39 is 5.97 Å². The summed E-state index contributed by atoms with van der Waals surface area (Å²) in [4.78, 5) is 15.4. The highest BCUT2D eigenvalue weighted by Gasteiger charge is 2.27. The molecule has 0 saturated heterocycles. The lowest BCUT2D eigenvalue weighted by atomic mass is 9.98. The molecule has 1 aliphatic heterocycles. The number of hydrogen-bond donors (Lipinski definition) is 1. The number of fused-ring (bicyclic) bond motifs is 1. The molecule has 0 spiro atoms. The molecule has 0 aliphatic carbocycles. The molecule has 1 unspecified atom stereocenters. The van der Waals surface area contributed by atoms with E-state index in [2.05, 4.69) is 4.98 Å². The summed E-state index contributed by atoms with van der Waals surface area (Å²) in [5.74, 6) is 0.0776. The van der Waals surface area contributed by atoms with Crippen molar-refractivity contribution in [3.8, 4) is 11.6 Å². The van der Waals surface area contributed by atoms with E-state index >= 15 is 0 Å². The average Bonchev–Trinajstić information content (AvgIpc) is 2.93. The predicted octanol–water partition coefficient (Wildman–Crippen LogP) is 2.44. The van der Waals surface area contributed by atoms with Gasteiger partial charge in [-0.1, -0.05) is 0 Å². The Bertz CT molecular complexity index is 602. The van der Waals surface area contributed by atoms with E-state index in [1.54, 1.807) is 18.3 Å². The van der Waals surface area contributed by atoms with Crippen LogP contribution in [0.3, 0.4) is 0 Å². The number of halogens is 1. The minimum Gasteiger partial charge on any atom is -0.481 e. The molecule has 0 fully saturated rings. The van der Waals surface area contributed by atoms with Gasteiger partial charge in [0.1, 0.15) is 0 Å². The fraction of sp³-hybridized carbons (Fsp3) is 0.333. The van der Waals surface area contributed by atoms with Crippen molar-refractivity contribution in [2.75, 3.05) is 0 Å². The van der Waals surface area contributed by atoms with Gasteiger partial charge in [-0.3, -0.25) is 4.79 Å². The van der Waals surface area contributed by atoms with Gasteiger partial charge in [0, 0.05) is 18.4 Å². The molecule has 2 aromatic heterocycles. The SMILES string of the molecule is O=C(O)C1CCc2cnc(-c3ccc(Cl)o3)n2C1. The van der Waals surface area contributed by atoms with Crippen LogP contribution in [-0.4, -0.2) is 20.6 Å². The number of carboxylic acid groups (broad SMARTS) is 1. The summed E-state index contributed by atoms with van der Waals surface area (Å²) in [6.07, 6.45) is 3.14.